The molecular weight excluding hydrogens is 316 g/mol. The van der Waals surface area contributed by atoms with Crippen molar-refractivity contribution in [3.05, 3.63) is 51.2 Å². The fraction of sp³-hybridized carbons (Fsp3) is 0.0909. The lowest BCUT2D eigenvalue weighted by atomic mass is 10.2. The van der Waals surface area contributed by atoms with Gasteiger partial charge in [-0.15, -0.1) is 0 Å². The summed E-state index contributed by atoms with van der Waals surface area (Å²) < 4.78 is 10.4. The van der Waals surface area contributed by atoms with Crippen molar-refractivity contribution in [1.29, 1.82) is 0 Å². The van der Waals surface area contributed by atoms with Crippen molar-refractivity contribution in [2.45, 2.75) is 6.54 Å². The summed E-state index contributed by atoms with van der Waals surface area (Å²) in [6.07, 6.45) is 3.19. The number of benzene rings is 1. The van der Waals surface area contributed by atoms with Gasteiger partial charge in [-0.1, -0.05) is 15.9 Å². The van der Waals surface area contributed by atoms with E-state index in [-0.39, 0.29) is 5.56 Å². The fourth-order valence-corrected chi connectivity index (χ4v) is 2.46. The second-order valence-electron chi connectivity index (χ2n) is 3.74. The minimum Gasteiger partial charge on any atom is -0.293 e. The smallest absolute Gasteiger partial charge is 0.261 e. The van der Waals surface area contributed by atoms with E-state index in [9.17, 15) is 4.79 Å². The molecule has 0 radical (unpaired) electrons. The SMILES string of the molecule is O=c1c2cc(Br)ccc2ncn1Cc1cnsn1. The minimum atomic E-state index is -0.0747. The summed E-state index contributed by atoms with van der Waals surface area (Å²) in [6.45, 7) is 0.394. The summed E-state index contributed by atoms with van der Waals surface area (Å²) >= 11 is 4.48. The van der Waals surface area contributed by atoms with Crippen LogP contribution in [-0.4, -0.2) is 18.3 Å². The van der Waals surface area contributed by atoms with Gasteiger partial charge in [0.15, 0.2) is 0 Å². The van der Waals surface area contributed by atoms with Crippen LogP contribution in [0.3, 0.4) is 0 Å². The van der Waals surface area contributed by atoms with Crippen molar-refractivity contribution in [2.75, 3.05) is 0 Å². The first-order valence-electron chi connectivity index (χ1n) is 5.15. The average molecular weight is 323 g/mol. The number of fused-ring (bicyclic) bond motifs is 1. The Kier molecular flexibility index (Phi) is 2.92. The summed E-state index contributed by atoms with van der Waals surface area (Å²) in [4.78, 5) is 16.5. The maximum Gasteiger partial charge on any atom is 0.261 e. The highest BCUT2D eigenvalue weighted by atomic mass is 79.9. The van der Waals surface area contributed by atoms with E-state index < -0.39 is 0 Å². The van der Waals surface area contributed by atoms with Gasteiger partial charge in [0.05, 0.1) is 47.4 Å². The lowest BCUT2D eigenvalue weighted by Gasteiger charge is -2.04. The molecule has 0 fully saturated rings. The largest absolute Gasteiger partial charge is 0.293 e. The fourth-order valence-electron chi connectivity index (χ4n) is 1.67. The molecule has 2 heterocycles. The first kappa shape index (κ1) is 11.5. The van der Waals surface area contributed by atoms with Gasteiger partial charge in [-0.25, -0.2) is 4.98 Å². The monoisotopic (exact) mass is 322 g/mol. The molecule has 0 unspecified atom stereocenters. The van der Waals surface area contributed by atoms with Crippen LogP contribution in [0.1, 0.15) is 5.69 Å². The highest BCUT2D eigenvalue weighted by Crippen LogP contribution is 2.14. The van der Waals surface area contributed by atoms with E-state index in [1.165, 1.54) is 10.9 Å². The predicted octanol–water partition coefficient (Wildman–Crippen LogP) is 2.06. The Balaban J connectivity index is 2.14. The van der Waals surface area contributed by atoms with Crippen LogP contribution in [0.15, 0.2) is 40.0 Å². The predicted molar refractivity (Wildman–Crippen MR) is 72.7 cm³/mol. The molecule has 3 rings (SSSR count). The molecule has 3 aromatic rings. The lowest BCUT2D eigenvalue weighted by molar-refractivity contribution is 0.736. The Morgan fingerprint density at radius 1 is 1.39 bits per heavy atom. The Hall–Kier alpha value is -1.60. The third kappa shape index (κ3) is 2.06. The highest BCUT2D eigenvalue weighted by Gasteiger charge is 2.06. The second-order valence-corrected chi connectivity index (χ2v) is 5.21. The third-order valence-corrected chi connectivity index (χ3v) is 3.53. The van der Waals surface area contributed by atoms with Gasteiger partial charge in [-0.2, -0.15) is 8.75 Å². The molecule has 1 aromatic carbocycles. The van der Waals surface area contributed by atoms with Gasteiger partial charge in [-0.05, 0) is 18.2 Å². The van der Waals surface area contributed by atoms with Crippen LogP contribution >= 0.6 is 27.7 Å². The van der Waals surface area contributed by atoms with E-state index in [4.69, 9.17) is 0 Å². The molecule has 0 spiro atoms. The number of rotatable bonds is 2. The third-order valence-electron chi connectivity index (χ3n) is 2.53. The molecule has 2 aromatic heterocycles. The molecule has 90 valence electrons. The molecule has 0 bridgehead atoms. The Morgan fingerprint density at radius 2 is 2.28 bits per heavy atom. The van der Waals surface area contributed by atoms with Gasteiger partial charge < -0.3 is 0 Å². The van der Waals surface area contributed by atoms with E-state index in [1.54, 1.807) is 12.3 Å². The van der Waals surface area contributed by atoms with Crippen LogP contribution < -0.4 is 5.56 Å². The van der Waals surface area contributed by atoms with Gasteiger partial charge in [0, 0.05) is 4.47 Å². The van der Waals surface area contributed by atoms with Crippen molar-refractivity contribution in [1.82, 2.24) is 18.3 Å². The summed E-state index contributed by atoms with van der Waals surface area (Å²) in [6, 6.07) is 5.46. The molecule has 0 amide bonds. The van der Waals surface area contributed by atoms with Gasteiger partial charge in [0.2, 0.25) is 0 Å². The number of halogens is 1. The number of hydrogen-bond acceptors (Lipinski definition) is 5. The quantitative estimate of drug-likeness (QED) is 0.724. The molecule has 0 aliphatic carbocycles. The van der Waals surface area contributed by atoms with Crippen LogP contribution in [0.4, 0.5) is 0 Å². The number of hydrogen-bond donors (Lipinski definition) is 0. The van der Waals surface area contributed by atoms with Crippen LogP contribution in [0, 0.1) is 0 Å². The Labute approximate surface area is 115 Å². The molecule has 0 aliphatic rings. The zero-order valence-corrected chi connectivity index (χ0v) is 11.5. The first-order chi connectivity index (χ1) is 8.74. The molecule has 0 saturated heterocycles. The zero-order valence-electron chi connectivity index (χ0n) is 9.08. The molecule has 0 N–H and O–H groups in total. The molecule has 7 heteroatoms. The molecule has 5 nitrogen and oxygen atoms in total. The van der Waals surface area contributed by atoms with E-state index >= 15 is 0 Å². The molecule has 0 saturated carbocycles. The minimum absolute atomic E-state index is 0.0747. The molecule has 18 heavy (non-hydrogen) atoms. The van der Waals surface area contributed by atoms with Crippen molar-refractivity contribution >= 4 is 38.6 Å². The number of nitrogens with zero attached hydrogens (tertiary/aromatic N) is 4. The zero-order chi connectivity index (χ0) is 12.5. The topological polar surface area (TPSA) is 60.7 Å². The standard InChI is InChI=1S/C11H7BrN4OS/c12-7-1-2-10-9(3-7)11(17)16(6-13-10)5-8-4-14-18-15-8/h1-4,6H,5H2. The van der Waals surface area contributed by atoms with Crippen LogP contribution in [0.25, 0.3) is 10.9 Å². The summed E-state index contributed by atoms with van der Waals surface area (Å²) in [5.41, 5.74) is 1.38. The van der Waals surface area contributed by atoms with Gasteiger partial charge >= 0.3 is 0 Å². The van der Waals surface area contributed by atoms with Crippen molar-refractivity contribution < 1.29 is 0 Å². The molecule has 0 atom stereocenters. The Morgan fingerprint density at radius 3 is 3.06 bits per heavy atom. The van der Waals surface area contributed by atoms with Crippen molar-refractivity contribution in [2.24, 2.45) is 0 Å². The Bertz CT molecular complexity index is 753. The maximum absolute atomic E-state index is 12.3. The highest BCUT2D eigenvalue weighted by molar-refractivity contribution is 9.10. The summed E-state index contributed by atoms with van der Waals surface area (Å²) in [7, 11) is 0. The second kappa shape index (κ2) is 4.58. The van der Waals surface area contributed by atoms with E-state index in [1.807, 2.05) is 12.1 Å². The van der Waals surface area contributed by atoms with Crippen LogP contribution in [0.2, 0.25) is 0 Å². The van der Waals surface area contributed by atoms with E-state index in [0.717, 1.165) is 21.9 Å². The number of aromatic nitrogens is 4. The maximum atomic E-state index is 12.3. The summed E-state index contributed by atoms with van der Waals surface area (Å²) in [5, 5.41) is 0.593. The molecular formula is C11H7BrN4OS. The normalized spacial score (nSPS) is 10.9. The van der Waals surface area contributed by atoms with E-state index in [0.29, 0.717) is 17.4 Å². The average Bonchev–Trinajstić information content (AvgIpc) is 2.86. The molecule has 0 aliphatic heterocycles. The van der Waals surface area contributed by atoms with Gasteiger partial charge in [-0.3, -0.25) is 9.36 Å². The van der Waals surface area contributed by atoms with Crippen molar-refractivity contribution in [3.63, 3.8) is 0 Å². The van der Waals surface area contributed by atoms with Crippen molar-refractivity contribution in [3.8, 4) is 0 Å². The lowest BCUT2D eigenvalue weighted by Crippen LogP contribution is -2.21. The van der Waals surface area contributed by atoms with E-state index in [2.05, 4.69) is 29.7 Å². The van der Waals surface area contributed by atoms with Crippen LogP contribution in [0.5, 0.6) is 0 Å². The van der Waals surface area contributed by atoms with Gasteiger partial charge in [0.1, 0.15) is 0 Å². The van der Waals surface area contributed by atoms with Crippen LogP contribution in [-0.2, 0) is 6.54 Å². The van der Waals surface area contributed by atoms with Gasteiger partial charge in [0.25, 0.3) is 5.56 Å². The summed E-state index contributed by atoms with van der Waals surface area (Å²) in [5.74, 6) is 0. The first-order valence-corrected chi connectivity index (χ1v) is 6.67.